The van der Waals surface area contributed by atoms with E-state index in [-0.39, 0.29) is 18.0 Å². The summed E-state index contributed by atoms with van der Waals surface area (Å²) in [6.45, 7) is 4.65. The summed E-state index contributed by atoms with van der Waals surface area (Å²) in [5.74, 6) is -0.602. The first kappa shape index (κ1) is 12.3. The van der Waals surface area contributed by atoms with Crippen molar-refractivity contribution in [3.8, 4) is 0 Å². The zero-order valence-corrected chi connectivity index (χ0v) is 9.38. The Morgan fingerprint density at radius 1 is 1.13 bits per heavy atom. The van der Waals surface area contributed by atoms with Crippen LogP contribution < -0.4 is 0 Å². The highest BCUT2D eigenvalue weighted by Gasteiger charge is 2.33. The van der Waals surface area contributed by atoms with E-state index in [0.717, 1.165) is 0 Å². The van der Waals surface area contributed by atoms with Crippen LogP contribution in [0.2, 0.25) is 0 Å². The summed E-state index contributed by atoms with van der Waals surface area (Å²) >= 11 is 0. The summed E-state index contributed by atoms with van der Waals surface area (Å²) in [5, 5.41) is 0. The third kappa shape index (κ3) is 4.10. The molecule has 1 saturated heterocycles. The molecule has 1 aliphatic heterocycles. The Morgan fingerprint density at radius 2 is 1.67 bits per heavy atom. The molecule has 1 fully saturated rings. The van der Waals surface area contributed by atoms with Gasteiger partial charge < -0.3 is 9.47 Å². The summed E-state index contributed by atoms with van der Waals surface area (Å²) in [6.07, 6.45) is 1.38. The molecule has 0 radical (unpaired) electrons. The number of carbonyl (C=O) groups is 2. The molecule has 0 amide bonds. The van der Waals surface area contributed by atoms with Crippen LogP contribution in [0.4, 0.5) is 0 Å². The van der Waals surface area contributed by atoms with Crippen LogP contribution in [0.1, 0.15) is 39.5 Å². The molecule has 1 heterocycles. The normalized spacial score (nSPS) is 19.1. The number of hydrogen-bond donors (Lipinski definition) is 0. The van der Waals surface area contributed by atoms with Crippen LogP contribution in [0.25, 0.3) is 0 Å². The number of hydrogen-bond acceptors (Lipinski definition) is 4. The van der Waals surface area contributed by atoms with Crippen molar-refractivity contribution in [3.63, 3.8) is 0 Å². The molecular formula is C11H18O4. The summed E-state index contributed by atoms with van der Waals surface area (Å²) in [6, 6.07) is 0. The van der Waals surface area contributed by atoms with Gasteiger partial charge in [0.15, 0.2) is 5.79 Å². The van der Waals surface area contributed by atoms with Gasteiger partial charge >= 0.3 is 0 Å². The van der Waals surface area contributed by atoms with Crippen molar-refractivity contribution in [2.24, 2.45) is 0 Å². The second kappa shape index (κ2) is 5.37. The number of Topliss-reactive ketones (excluding diaryl/α,β-unsaturated/α-hetero) is 2. The molecule has 4 heteroatoms. The van der Waals surface area contributed by atoms with Crippen molar-refractivity contribution in [3.05, 3.63) is 0 Å². The minimum absolute atomic E-state index is 0.0289. The minimum atomic E-state index is -0.758. The standard InChI is InChI=1S/C11H18O4/c1-3-9(12)4-5-10(13)8-11(2)14-6-7-15-11/h3-8H2,1-2H3. The van der Waals surface area contributed by atoms with E-state index in [0.29, 0.717) is 32.5 Å². The van der Waals surface area contributed by atoms with E-state index >= 15 is 0 Å². The third-order valence-corrected chi connectivity index (χ3v) is 2.49. The fourth-order valence-corrected chi connectivity index (χ4v) is 1.56. The summed E-state index contributed by atoms with van der Waals surface area (Å²) in [7, 11) is 0. The zero-order chi connectivity index (χ0) is 11.3. The van der Waals surface area contributed by atoms with Gasteiger partial charge in [-0.2, -0.15) is 0 Å². The number of ketones is 2. The topological polar surface area (TPSA) is 52.6 Å². The van der Waals surface area contributed by atoms with Gasteiger partial charge in [0.05, 0.1) is 19.6 Å². The molecule has 0 bridgehead atoms. The first-order valence-electron chi connectivity index (χ1n) is 5.37. The molecule has 1 aliphatic rings. The molecule has 0 aromatic rings. The maximum absolute atomic E-state index is 11.5. The lowest BCUT2D eigenvalue weighted by Gasteiger charge is -2.20. The fraction of sp³-hybridized carbons (Fsp3) is 0.818. The molecule has 4 nitrogen and oxygen atoms in total. The van der Waals surface area contributed by atoms with E-state index in [9.17, 15) is 9.59 Å². The van der Waals surface area contributed by atoms with Gasteiger partial charge in [0.25, 0.3) is 0 Å². The average Bonchev–Trinajstić information content (AvgIpc) is 2.61. The van der Waals surface area contributed by atoms with Gasteiger partial charge in [-0.3, -0.25) is 9.59 Å². The quantitative estimate of drug-likeness (QED) is 0.671. The Bertz CT molecular complexity index is 241. The monoisotopic (exact) mass is 214 g/mol. The van der Waals surface area contributed by atoms with Gasteiger partial charge in [-0.15, -0.1) is 0 Å². The molecule has 86 valence electrons. The van der Waals surface area contributed by atoms with E-state index in [1.807, 2.05) is 0 Å². The summed E-state index contributed by atoms with van der Waals surface area (Å²) in [4.78, 5) is 22.5. The highest BCUT2D eigenvalue weighted by Crippen LogP contribution is 2.23. The second-order valence-electron chi connectivity index (χ2n) is 3.94. The number of carbonyl (C=O) groups excluding carboxylic acids is 2. The van der Waals surface area contributed by atoms with Crippen molar-refractivity contribution in [2.75, 3.05) is 13.2 Å². The van der Waals surface area contributed by atoms with Crippen LogP contribution >= 0.6 is 0 Å². The average molecular weight is 214 g/mol. The van der Waals surface area contributed by atoms with Crippen LogP contribution in [0.5, 0.6) is 0 Å². The highest BCUT2D eigenvalue weighted by atomic mass is 16.7. The first-order chi connectivity index (χ1) is 7.06. The number of rotatable bonds is 6. The lowest BCUT2D eigenvalue weighted by atomic mass is 10.0. The first-order valence-corrected chi connectivity index (χ1v) is 5.37. The molecule has 15 heavy (non-hydrogen) atoms. The molecule has 0 aromatic carbocycles. The largest absolute Gasteiger partial charge is 0.347 e. The van der Waals surface area contributed by atoms with E-state index in [2.05, 4.69) is 0 Å². The van der Waals surface area contributed by atoms with Gasteiger partial charge in [-0.25, -0.2) is 0 Å². The van der Waals surface area contributed by atoms with Gasteiger partial charge in [-0.1, -0.05) is 6.92 Å². The van der Waals surface area contributed by atoms with Crippen molar-refractivity contribution in [1.29, 1.82) is 0 Å². The Labute approximate surface area is 89.9 Å². The van der Waals surface area contributed by atoms with Crippen molar-refractivity contribution in [2.45, 2.75) is 45.3 Å². The maximum atomic E-state index is 11.5. The Morgan fingerprint density at radius 3 is 2.20 bits per heavy atom. The van der Waals surface area contributed by atoms with Gasteiger partial charge in [0, 0.05) is 19.3 Å². The van der Waals surface area contributed by atoms with E-state index in [4.69, 9.17) is 9.47 Å². The van der Waals surface area contributed by atoms with Gasteiger partial charge in [0.2, 0.25) is 0 Å². The molecular weight excluding hydrogens is 196 g/mol. The summed E-state index contributed by atoms with van der Waals surface area (Å²) in [5.41, 5.74) is 0. The maximum Gasteiger partial charge on any atom is 0.172 e. The molecule has 0 atom stereocenters. The van der Waals surface area contributed by atoms with E-state index in [1.165, 1.54) is 0 Å². The van der Waals surface area contributed by atoms with Crippen LogP contribution in [0, 0.1) is 0 Å². The Hall–Kier alpha value is -0.740. The predicted octanol–water partition coefficient (Wildman–Crippen LogP) is 1.47. The van der Waals surface area contributed by atoms with E-state index < -0.39 is 5.79 Å². The zero-order valence-electron chi connectivity index (χ0n) is 9.38. The van der Waals surface area contributed by atoms with E-state index in [1.54, 1.807) is 13.8 Å². The van der Waals surface area contributed by atoms with Crippen molar-refractivity contribution < 1.29 is 19.1 Å². The predicted molar refractivity (Wildman–Crippen MR) is 54.5 cm³/mol. The van der Waals surface area contributed by atoms with Crippen LogP contribution in [0.15, 0.2) is 0 Å². The smallest absolute Gasteiger partial charge is 0.172 e. The van der Waals surface area contributed by atoms with Crippen LogP contribution in [0.3, 0.4) is 0 Å². The molecule has 1 rings (SSSR count). The lowest BCUT2D eigenvalue weighted by Crippen LogP contribution is -2.29. The molecule has 0 unspecified atom stereocenters. The molecule has 0 aliphatic carbocycles. The fourth-order valence-electron chi connectivity index (χ4n) is 1.56. The van der Waals surface area contributed by atoms with Crippen molar-refractivity contribution >= 4 is 11.6 Å². The molecule has 0 aromatic heterocycles. The number of ether oxygens (including phenoxy) is 2. The highest BCUT2D eigenvalue weighted by molar-refractivity contribution is 5.86. The van der Waals surface area contributed by atoms with Gasteiger partial charge in [0.1, 0.15) is 11.6 Å². The third-order valence-electron chi connectivity index (χ3n) is 2.49. The molecule has 0 N–H and O–H groups in total. The Balaban J connectivity index is 2.26. The van der Waals surface area contributed by atoms with Gasteiger partial charge in [-0.05, 0) is 6.92 Å². The second-order valence-corrected chi connectivity index (χ2v) is 3.94. The molecule has 0 spiro atoms. The lowest BCUT2D eigenvalue weighted by molar-refractivity contribution is -0.158. The summed E-state index contributed by atoms with van der Waals surface area (Å²) < 4.78 is 10.6. The Kier molecular flexibility index (Phi) is 4.42. The minimum Gasteiger partial charge on any atom is -0.347 e. The van der Waals surface area contributed by atoms with Crippen LogP contribution in [-0.2, 0) is 19.1 Å². The van der Waals surface area contributed by atoms with Crippen LogP contribution in [-0.4, -0.2) is 30.6 Å². The SMILES string of the molecule is CCC(=O)CCC(=O)CC1(C)OCCO1. The molecule has 0 saturated carbocycles. The van der Waals surface area contributed by atoms with Crippen molar-refractivity contribution in [1.82, 2.24) is 0 Å².